The maximum atomic E-state index is 10.4. The van der Waals surface area contributed by atoms with E-state index in [4.69, 9.17) is 0 Å². The van der Waals surface area contributed by atoms with Crippen molar-refractivity contribution in [2.75, 3.05) is 5.75 Å². The number of nitrogens with zero attached hydrogens (tertiary/aromatic N) is 1. The lowest BCUT2D eigenvalue weighted by Crippen LogP contribution is -2.05. The Bertz CT molecular complexity index is 473. The topological polar surface area (TPSA) is 29.4 Å². The number of carbonyl (C=O) groups excluding carboxylic acids is 1. The van der Waals surface area contributed by atoms with Crippen LogP contribution in [0, 0.1) is 0 Å². The van der Waals surface area contributed by atoms with Crippen LogP contribution in [0.15, 0.2) is 28.1 Å². The van der Waals surface area contributed by atoms with Crippen molar-refractivity contribution in [1.29, 1.82) is 0 Å². The number of aliphatic imine (C=N–C) groups is 1. The van der Waals surface area contributed by atoms with Gasteiger partial charge in [-0.05, 0) is 48.6 Å². The van der Waals surface area contributed by atoms with E-state index in [9.17, 15) is 4.79 Å². The number of aryl methyl sites for hydroxylation is 1. The molecule has 1 saturated carbocycles. The van der Waals surface area contributed by atoms with E-state index in [0.29, 0.717) is 0 Å². The van der Waals surface area contributed by atoms with Gasteiger partial charge in [0.1, 0.15) is 0 Å². The van der Waals surface area contributed by atoms with Crippen molar-refractivity contribution in [1.82, 2.24) is 0 Å². The molecule has 0 aromatic heterocycles. The monoisotopic (exact) mass is 231 g/mol. The summed E-state index contributed by atoms with van der Waals surface area (Å²) in [6, 6.07) is 6.56. The van der Waals surface area contributed by atoms with E-state index in [-0.39, 0.29) is 5.54 Å². The van der Waals surface area contributed by atoms with Crippen molar-refractivity contribution in [2.24, 2.45) is 4.99 Å². The maximum absolute atomic E-state index is 10.4. The van der Waals surface area contributed by atoms with E-state index in [0.717, 1.165) is 19.3 Å². The maximum Gasteiger partial charge on any atom is 0.235 e. The van der Waals surface area contributed by atoms with Gasteiger partial charge in [-0.2, -0.15) is 4.99 Å². The van der Waals surface area contributed by atoms with Gasteiger partial charge < -0.3 is 0 Å². The number of fused-ring (bicyclic) bond motifs is 1. The normalized spacial score (nSPS) is 20.8. The van der Waals surface area contributed by atoms with Crippen LogP contribution in [0.2, 0.25) is 0 Å². The Morgan fingerprint density at radius 1 is 1.38 bits per heavy atom. The van der Waals surface area contributed by atoms with Gasteiger partial charge in [0, 0.05) is 4.90 Å². The highest BCUT2D eigenvalue weighted by molar-refractivity contribution is 7.99. The van der Waals surface area contributed by atoms with Crippen molar-refractivity contribution in [3.8, 4) is 0 Å². The number of benzene rings is 1. The molecule has 0 amide bonds. The molecule has 1 aliphatic carbocycles. The van der Waals surface area contributed by atoms with E-state index < -0.39 is 0 Å². The number of rotatable bonds is 2. The molecule has 0 atom stereocenters. The standard InChI is InChI=1S/C13H13NOS/c15-9-14-13(5-6-13)11-3-4-12-10(8-11)2-1-7-16-12/h3-4,8H,1-2,5-7H2. The van der Waals surface area contributed by atoms with Crippen molar-refractivity contribution < 1.29 is 4.79 Å². The lowest BCUT2D eigenvalue weighted by Gasteiger charge is -2.17. The summed E-state index contributed by atoms with van der Waals surface area (Å²) in [6.07, 6.45) is 6.13. The number of thioether (sulfide) groups is 1. The highest BCUT2D eigenvalue weighted by atomic mass is 32.2. The summed E-state index contributed by atoms with van der Waals surface area (Å²) < 4.78 is 0. The summed E-state index contributed by atoms with van der Waals surface area (Å²) in [7, 11) is 0. The van der Waals surface area contributed by atoms with E-state index in [2.05, 4.69) is 23.2 Å². The van der Waals surface area contributed by atoms with E-state index in [1.54, 1.807) is 6.08 Å². The van der Waals surface area contributed by atoms with Crippen LogP contribution in [0.3, 0.4) is 0 Å². The second-order valence-corrected chi connectivity index (χ2v) is 5.65. The lowest BCUT2D eigenvalue weighted by atomic mass is 10.00. The minimum absolute atomic E-state index is 0.209. The van der Waals surface area contributed by atoms with Crippen molar-refractivity contribution in [3.63, 3.8) is 0 Å². The third-order valence-corrected chi connectivity index (χ3v) is 4.63. The zero-order valence-electron chi connectivity index (χ0n) is 9.03. The molecule has 2 nitrogen and oxygen atoms in total. The van der Waals surface area contributed by atoms with Gasteiger partial charge in [-0.1, -0.05) is 12.1 Å². The van der Waals surface area contributed by atoms with Crippen LogP contribution >= 0.6 is 11.8 Å². The SMILES string of the molecule is O=C=NC1(c2ccc3c(c2)CCCS3)CC1. The molecular weight excluding hydrogens is 218 g/mol. The first-order valence-corrected chi connectivity index (χ1v) is 6.68. The van der Waals surface area contributed by atoms with Crippen LogP contribution in [0.5, 0.6) is 0 Å². The van der Waals surface area contributed by atoms with Crippen LogP contribution in [0.1, 0.15) is 30.4 Å². The summed E-state index contributed by atoms with van der Waals surface area (Å²) in [6.45, 7) is 0. The van der Waals surface area contributed by atoms with Crippen LogP contribution < -0.4 is 0 Å². The van der Waals surface area contributed by atoms with Crippen molar-refractivity contribution in [2.45, 2.75) is 36.1 Å². The molecule has 1 aromatic carbocycles. The highest BCUT2D eigenvalue weighted by Gasteiger charge is 2.45. The Morgan fingerprint density at radius 2 is 2.25 bits per heavy atom. The fourth-order valence-corrected chi connectivity index (χ4v) is 3.34. The minimum atomic E-state index is -0.209. The van der Waals surface area contributed by atoms with Gasteiger partial charge in [0.25, 0.3) is 0 Å². The van der Waals surface area contributed by atoms with Gasteiger partial charge in [-0.15, -0.1) is 11.8 Å². The van der Waals surface area contributed by atoms with Crippen LogP contribution in [-0.4, -0.2) is 11.8 Å². The number of hydrogen-bond donors (Lipinski definition) is 0. The Kier molecular flexibility index (Phi) is 2.38. The smallest absolute Gasteiger partial charge is 0.211 e. The second kappa shape index (κ2) is 3.76. The van der Waals surface area contributed by atoms with Crippen LogP contribution in [-0.2, 0) is 16.8 Å². The molecule has 3 rings (SSSR count). The van der Waals surface area contributed by atoms with Gasteiger partial charge in [-0.3, -0.25) is 0 Å². The van der Waals surface area contributed by atoms with E-state index in [1.807, 2.05) is 11.8 Å². The number of hydrogen-bond acceptors (Lipinski definition) is 3. The molecule has 0 radical (unpaired) electrons. The van der Waals surface area contributed by atoms with E-state index in [1.165, 1.54) is 28.2 Å². The summed E-state index contributed by atoms with van der Waals surface area (Å²) in [5.74, 6) is 1.23. The molecule has 1 fully saturated rings. The number of isocyanates is 1. The Labute approximate surface area is 99.2 Å². The highest BCUT2D eigenvalue weighted by Crippen LogP contribution is 2.50. The Morgan fingerprint density at radius 3 is 3.00 bits per heavy atom. The summed E-state index contributed by atoms with van der Waals surface area (Å²) in [5.41, 5.74) is 2.43. The van der Waals surface area contributed by atoms with E-state index >= 15 is 0 Å². The van der Waals surface area contributed by atoms with Crippen LogP contribution in [0.4, 0.5) is 0 Å². The second-order valence-electron chi connectivity index (χ2n) is 4.51. The first-order chi connectivity index (χ1) is 7.84. The van der Waals surface area contributed by atoms with Gasteiger partial charge in [0.15, 0.2) is 0 Å². The third kappa shape index (κ3) is 1.60. The lowest BCUT2D eigenvalue weighted by molar-refractivity contribution is 0.556. The molecule has 1 aromatic rings. The minimum Gasteiger partial charge on any atom is -0.211 e. The molecule has 3 heteroatoms. The molecule has 1 heterocycles. The molecule has 0 spiro atoms. The van der Waals surface area contributed by atoms with Gasteiger partial charge in [0.2, 0.25) is 6.08 Å². The molecule has 0 bridgehead atoms. The predicted octanol–water partition coefficient (Wildman–Crippen LogP) is 3.05. The molecule has 16 heavy (non-hydrogen) atoms. The summed E-state index contributed by atoms with van der Waals surface area (Å²) in [5, 5.41) is 0. The zero-order chi connectivity index (χ0) is 11.0. The van der Waals surface area contributed by atoms with Crippen LogP contribution in [0.25, 0.3) is 0 Å². The van der Waals surface area contributed by atoms with Crippen molar-refractivity contribution in [3.05, 3.63) is 29.3 Å². The fraction of sp³-hybridized carbons (Fsp3) is 0.462. The molecule has 2 aliphatic rings. The largest absolute Gasteiger partial charge is 0.235 e. The predicted molar refractivity (Wildman–Crippen MR) is 64.5 cm³/mol. The first-order valence-electron chi connectivity index (χ1n) is 5.69. The van der Waals surface area contributed by atoms with Gasteiger partial charge in [-0.25, -0.2) is 4.79 Å². The summed E-state index contributed by atoms with van der Waals surface area (Å²) >= 11 is 1.93. The average Bonchev–Trinajstić information content (AvgIpc) is 3.10. The van der Waals surface area contributed by atoms with Gasteiger partial charge in [0.05, 0.1) is 5.54 Å². The average molecular weight is 231 g/mol. The molecule has 0 saturated heterocycles. The molecule has 0 N–H and O–H groups in total. The van der Waals surface area contributed by atoms with Crippen molar-refractivity contribution >= 4 is 17.8 Å². The van der Waals surface area contributed by atoms with Gasteiger partial charge >= 0.3 is 0 Å². The molecule has 82 valence electrons. The third-order valence-electron chi connectivity index (χ3n) is 3.43. The fourth-order valence-electron chi connectivity index (χ4n) is 2.32. The quantitative estimate of drug-likeness (QED) is 0.578. The first kappa shape index (κ1) is 10.1. The Balaban J connectivity index is 2.00. The Hall–Kier alpha value is -1.05. The molecular formula is C13H13NOS. The zero-order valence-corrected chi connectivity index (χ0v) is 9.85. The summed E-state index contributed by atoms with van der Waals surface area (Å²) in [4.78, 5) is 15.8. The molecule has 1 aliphatic heterocycles. The molecule has 0 unspecified atom stereocenters.